The fraction of sp³-hybridized carbons (Fsp3) is 0.214. The monoisotopic (exact) mass is 1070 g/mol. The van der Waals surface area contributed by atoms with Crippen LogP contribution in [-0.2, 0) is 30.7 Å². The van der Waals surface area contributed by atoms with E-state index in [0.717, 1.165) is 41.0 Å². The molecule has 3 amide bonds. The zero-order valence-corrected chi connectivity index (χ0v) is 43.2. The number of carbonyl (C=O) groups is 3. The number of aliphatic hydroxyl groups excluding tert-OH is 1. The Kier molecular flexibility index (Phi) is 17.0. The number of aromatic hydroxyl groups is 3. The average Bonchev–Trinajstić information content (AvgIpc) is 3.40. The Bertz CT molecular complexity index is 3530. The summed E-state index contributed by atoms with van der Waals surface area (Å²) in [7, 11) is -2.70. The third kappa shape index (κ3) is 13.2. The number of aliphatic hydroxyl groups is 1. The lowest BCUT2D eigenvalue weighted by atomic mass is 9.89. The number of ether oxygens (including phenoxy) is 4. The zero-order valence-electron chi connectivity index (χ0n) is 42.4. The number of sulfonamides is 1. The molecule has 0 spiro atoms. The predicted octanol–water partition coefficient (Wildman–Crippen LogP) is 8.88. The van der Waals surface area contributed by atoms with Crippen LogP contribution in [-0.4, -0.2) is 84.1 Å². The van der Waals surface area contributed by atoms with Crippen molar-refractivity contribution in [3.05, 3.63) is 178 Å². The van der Waals surface area contributed by atoms with Gasteiger partial charge in [-0.25, -0.2) is 22.4 Å². The molecule has 77 heavy (non-hydrogen) atoms. The molecule has 0 saturated carbocycles. The second kappa shape index (κ2) is 23.4. The normalized spacial score (nSPS) is 16.7. The number of methoxy groups -OCH3 is 1. The van der Waals surface area contributed by atoms with E-state index in [9.17, 15) is 52.4 Å². The van der Waals surface area contributed by atoms with Crippen LogP contribution in [0, 0.1) is 12.7 Å². The van der Waals surface area contributed by atoms with E-state index in [1.807, 2.05) is 62.4 Å². The topological polar surface area (TPSA) is 296 Å². The highest BCUT2D eigenvalue weighted by Crippen LogP contribution is 2.39. The lowest BCUT2D eigenvalue weighted by Gasteiger charge is -2.47. The van der Waals surface area contributed by atoms with E-state index in [1.54, 1.807) is 32.9 Å². The number of rotatable bonds is 14. The SMILES string of the molecule is COC1C(OC(N)=O)C(O)C(Oc2ccc3c(O)c(NC(=O)c4ccc(O)c(CC=C(C)C)c4)c(=O)oc3c2C)OC1(C)C.O=C(Nc1ccc(O)c(NS(=O)(=O)c2ccc(F)cc2)c1)c1ccc(-c2ccccc2)cc1. The van der Waals surface area contributed by atoms with Crippen LogP contribution in [0.3, 0.4) is 0 Å². The number of amides is 3. The molecule has 1 aliphatic rings. The summed E-state index contributed by atoms with van der Waals surface area (Å²) in [5.74, 6) is -2.38. The number of aryl methyl sites for hydroxylation is 1. The molecule has 1 aliphatic heterocycles. The van der Waals surface area contributed by atoms with Crippen molar-refractivity contribution in [3.63, 3.8) is 0 Å². The van der Waals surface area contributed by atoms with E-state index in [4.69, 9.17) is 29.1 Å². The van der Waals surface area contributed by atoms with E-state index in [-0.39, 0.29) is 55.6 Å². The summed E-state index contributed by atoms with van der Waals surface area (Å²) in [5, 5.41) is 47.3. The quantitative estimate of drug-likeness (QED) is 0.0218. The van der Waals surface area contributed by atoms with Crippen LogP contribution < -0.4 is 31.5 Å². The first-order chi connectivity index (χ1) is 36.5. The van der Waals surface area contributed by atoms with Crippen LogP contribution in [0.2, 0.25) is 0 Å². The van der Waals surface area contributed by atoms with Gasteiger partial charge in [-0.15, -0.1) is 0 Å². The number of allylic oxidation sites excluding steroid dienone is 2. The Morgan fingerprint density at radius 2 is 1.45 bits per heavy atom. The minimum Gasteiger partial charge on any atom is -0.508 e. The van der Waals surface area contributed by atoms with Gasteiger partial charge in [-0.05, 0) is 143 Å². The molecule has 1 aromatic heterocycles. The minimum atomic E-state index is -4.07. The first-order valence-corrected chi connectivity index (χ1v) is 25.1. The predicted molar refractivity (Wildman–Crippen MR) is 284 cm³/mol. The molecule has 9 N–H and O–H groups in total. The maximum atomic E-state index is 13.1. The third-order valence-electron chi connectivity index (χ3n) is 12.2. The molecule has 4 atom stereocenters. The molecule has 19 nitrogen and oxygen atoms in total. The Hall–Kier alpha value is -8.76. The molecular formula is C56H55FN4O15S. The van der Waals surface area contributed by atoms with Gasteiger partial charge in [0.2, 0.25) is 6.29 Å². The Balaban J connectivity index is 0.000000233. The van der Waals surface area contributed by atoms with Crippen molar-refractivity contribution in [2.45, 2.75) is 76.1 Å². The van der Waals surface area contributed by atoms with Crippen LogP contribution in [0.25, 0.3) is 22.1 Å². The standard InChI is InChI=1S/C31H36N2O11.C25H19FN2O4S/c1-14(2)7-8-16-13-17(9-11-19(16)34)27(37)33-21-22(35)18-10-12-20(15(3)24(18)42-28(21)38)41-29-23(36)25(43-30(32)39)26(40-6)31(4,5)44-29;26-20-10-13-22(14-11-20)33(31,32)28-23-16-21(12-15-24(23)29)27-25(30)19-8-6-18(7-9-19)17-4-2-1-3-5-17/h7,9-13,23,25-26,29,34-36H,8H2,1-6H3,(H2,32,39)(H,33,37);1-16,28-29H,(H,27,30). The highest BCUT2D eigenvalue weighted by molar-refractivity contribution is 7.92. The highest BCUT2D eigenvalue weighted by atomic mass is 32.2. The second-order valence-corrected chi connectivity index (χ2v) is 20.1. The van der Waals surface area contributed by atoms with Gasteiger partial charge in [-0.2, -0.15) is 0 Å². The summed E-state index contributed by atoms with van der Waals surface area (Å²) < 4.78 is 68.3. The molecule has 7 aromatic rings. The van der Waals surface area contributed by atoms with Gasteiger partial charge in [-0.1, -0.05) is 54.1 Å². The smallest absolute Gasteiger partial charge is 0.404 e. The fourth-order valence-electron chi connectivity index (χ4n) is 8.22. The number of carbonyl (C=O) groups excluding carboxylic acids is 3. The Morgan fingerprint density at radius 3 is 2.10 bits per heavy atom. The van der Waals surface area contributed by atoms with E-state index >= 15 is 0 Å². The van der Waals surface area contributed by atoms with Gasteiger partial charge in [0.05, 0.1) is 21.6 Å². The number of benzene rings is 6. The summed E-state index contributed by atoms with van der Waals surface area (Å²) in [5.41, 5.74) is 7.10. The number of primary amides is 1. The summed E-state index contributed by atoms with van der Waals surface area (Å²) in [6, 6.07) is 32.2. The van der Waals surface area contributed by atoms with Crippen molar-refractivity contribution in [1.82, 2.24) is 0 Å². The van der Waals surface area contributed by atoms with E-state index in [2.05, 4.69) is 15.4 Å². The van der Waals surface area contributed by atoms with E-state index < -0.39 is 81.0 Å². The number of phenolic OH excluding ortho intramolecular Hbond substituents is 2. The van der Waals surface area contributed by atoms with Crippen LogP contribution in [0.15, 0.2) is 153 Å². The van der Waals surface area contributed by atoms with E-state index in [0.29, 0.717) is 17.5 Å². The molecule has 1 saturated heterocycles. The Labute approximate surface area is 441 Å². The number of nitrogens with two attached hydrogens (primary N) is 1. The third-order valence-corrected chi connectivity index (χ3v) is 13.6. The van der Waals surface area contributed by atoms with Crippen LogP contribution in [0.5, 0.6) is 23.0 Å². The second-order valence-electron chi connectivity index (χ2n) is 18.4. The van der Waals surface area contributed by atoms with E-state index in [1.165, 1.54) is 55.6 Å². The van der Waals surface area contributed by atoms with Gasteiger partial charge in [-0.3, -0.25) is 14.3 Å². The molecule has 4 unspecified atom stereocenters. The van der Waals surface area contributed by atoms with Crippen molar-refractivity contribution in [3.8, 4) is 34.1 Å². The summed E-state index contributed by atoms with van der Waals surface area (Å²) in [6.45, 7) is 8.69. The van der Waals surface area contributed by atoms with Gasteiger partial charge < -0.3 is 60.2 Å². The van der Waals surface area contributed by atoms with Gasteiger partial charge in [0.1, 0.15) is 34.8 Å². The number of hydrogen-bond acceptors (Lipinski definition) is 15. The molecule has 6 aromatic carbocycles. The van der Waals surface area contributed by atoms with Crippen molar-refractivity contribution in [2.24, 2.45) is 5.73 Å². The fourth-order valence-corrected chi connectivity index (χ4v) is 9.29. The Morgan fingerprint density at radius 1 is 0.818 bits per heavy atom. The molecular weight excluding hydrogens is 1020 g/mol. The highest BCUT2D eigenvalue weighted by Gasteiger charge is 2.53. The number of fused-ring (bicyclic) bond motifs is 1. The number of phenols is 2. The maximum Gasteiger partial charge on any atom is 0.404 e. The molecule has 0 radical (unpaired) electrons. The molecule has 0 aliphatic carbocycles. The summed E-state index contributed by atoms with van der Waals surface area (Å²) >= 11 is 0. The zero-order chi connectivity index (χ0) is 55.9. The lowest BCUT2D eigenvalue weighted by molar-refractivity contribution is -0.304. The molecule has 2 heterocycles. The van der Waals surface area contributed by atoms with Crippen molar-refractivity contribution >= 4 is 56.0 Å². The molecule has 8 rings (SSSR count). The number of nitrogens with one attached hydrogen (secondary N) is 3. The minimum absolute atomic E-state index is 0.0183. The van der Waals surface area contributed by atoms with Crippen LogP contribution >= 0.6 is 0 Å². The van der Waals surface area contributed by atoms with Gasteiger partial charge in [0.15, 0.2) is 23.6 Å². The molecule has 0 bridgehead atoms. The van der Waals surface area contributed by atoms with Crippen molar-refractivity contribution in [2.75, 3.05) is 22.5 Å². The largest absolute Gasteiger partial charge is 0.508 e. The maximum absolute atomic E-state index is 13.1. The number of anilines is 3. The lowest BCUT2D eigenvalue weighted by Crippen LogP contribution is -2.65. The number of halogens is 1. The van der Waals surface area contributed by atoms with Crippen molar-refractivity contribution in [1.29, 1.82) is 0 Å². The molecule has 1 fully saturated rings. The number of hydrogen-bond donors (Lipinski definition) is 8. The van der Waals surface area contributed by atoms with Crippen LogP contribution in [0.1, 0.15) is 59.5 Å². The molecule has 21 heteroatoms. The first kappa shape index (κ1) is 56.0. The average molecular weight is 1080 g/mol. The summed E-state index contributed by atoms with van der Waals surface area (Å²) in [6.07, 6.45) is -3.81. The van der Waals surface area contributed by atoms with Gasteiger partial charge in [0, 0.05) is 29.5 Å². The van der Waals surface area contributed by atoms with Crippen LogP contribution in [0.4, 0.5) is 26.2 Å². The summed E-state index contributed by atoms with van der Waals surface area (Å²) in [4.78, 5) is 50.0. The first-order valence-electron chi connectivity index (χ1n) is 23.6. The van der Waals surface area contributed by atoms with Crippen molar-refractivity contribution < 1.29 is 71.0 Å². The van der Waals surface area contributed by atoms with Gasteiger partial charge >= 0.3 is 11.7 Å². The molecule has 402 valence electrons. The van der Waals surface area contributed by atoms with Gasteiger partial charge in [0.25, 0.3) is 21.8 Å².